The van der Waals surface area contributed by atoms with Crippen LogP contribution in [-0.2, 0) is 9.53 Å². The third-order valence-corrected chi connectivity index (χ3v) is 6.49. The number of benzene rings is 2. The van der Waals surface area contributed by atoms with Gasteiger partial charge in [-0.15, -0.1) is 0 Å². The molecule has 5 nitrogen and oxygen atoms in total. The van der Waals surface area contributed by atoms with Gasteiger partial charge in [0, 0.05) is 6.61 Å². The van der Waals surface area contributed by atoms with Gasteiger partial charge in [-0.2, -0.15) is 0 Å². The first-order valence-corrected chi connectivity index (χ1v) is 11.2. The molecule has 0 saturated carbocycles. The first kappa shape index (κ1) is 22.6. The second-order valence-electron chi connectivity index (χ2n) is 8.21. The fourth-order valence-corrected chi connectivity index (χ4v) is 4.61. The summed E-state index contributed by atoms with van der Waals surface area (Å²) in [6.07, 6.45) is 3.46. The number of nitrogens with zero attached hydrogens (tertiary/aromatic N) is 1. The summed E-state index contributed by atoms with van der Waals surface area (Å²) in [6.45, 7) is 7.91. The van der Waals surface area contributed by atoms with E-state index in [0.717, 1.165) is 67.6 Å². The van der Waals surface area contributed by atoms with Crippen LogP contribution in [0.25, 0.3) is 10.8 Å². The molecule has 3 unspecified atom stereocenters. The van der Waals surface area contributed by atoms with Crippen LogP contribution >= 0.6 is 0 Å². The first-order chi connectivity index (χ1) is 14.5. The smallest absolute Gasteiger partial charge is 0.307 e. The molecule has 30 heavy (non-hydrogen) atoms. The maximum absolute atomic E-state index is 12.3. The molecule has 3 rings (SSSR count). The number of rotatable bonds is 11. The standard InChI is InChI=1S/C25H35NO4/c1-4-26(5-2)13-12-23(24(25(27)28)17-22-7-6-14-30-22)20-9-8-19-16-21(29-3)11-10-18(19)15-20/h8-11,15-16,22-24H,4-7,12-14,17H2,1-3H3,(H,27,28). The highest BCUT2D eigenvalue weighted by molar-refractivity contribution is 5.85. The van der Waals surface area contributed by atoms with Crippen LogP contribution in [0.4, 0.5) is 0 Å². The lowest BCUT2D eigenvalue weighted by Crippen LogP contribution is -2.31. The van der Waals surface area contributed by atoms with Crippen LogP contribution in [-0.4, -0.2) is 55.4 Å². The molecule has 0 amide bonds. The number of hydrogen-bond acceptors (Lipinski definition) is 4. The lowest BCUT2D eigenvalue weighted by molar-refractivity contribution is -0.144. The van der Waals surface area contributed by atoms with E-state index in [1.54, 1.807) is 7.11 Å². The highest BCUT2D eigenvalue weighted by Crippen LogP contribution is 2.36. The minimum atomic E-state index is -0.718. The summed E-state index contributed by atoms with van der Waals surface area (Å²) in [5, 5.41) is 12.4. The number of methoxy groups -OCH3 is 1. The van der Waals surface area contributed by atoms with Crippen molar-refractivity contribution < 1.29 is 19.4 Å². The fraction of sp³-hybridized carbons (Fsp3) is 0.560. The monoisotopic (exact) mass is 413 g/mol. The van der Waals surface area contributed by atoms with Crippen molar-refractivity contribution in [3.63, 3.8) is 0 Å². The van der Waals surface area contributed by atoms with E-state index >= 15 is 0 Å². The number of carbonyl (C=O) groups is 1. The number of ether oxygens (including phenoxy) is 2. The summed E-state index contributed by atoms with van der Waals surface area (Å²) in [6, 6.07) is 12.4. The Hall–Kier alpha value is -2.11. The number of carboxylic acids is 1. The molecule has 1 N–H and O–H groups in total. The molecule has 5 heteroatoms. The van der Waals surface area contributed by atoms with Gasteiger partial charge < -0.3 is 19.5 Å². The number of carboxylic acid groups (broad SMARTS) is 1. The van der Waals surface area contributed by atoms with Crippen molar-refractivity contribution in [2.24, 2.45) is 5.92 Å². The van der Waals surface area contributed by atoms with E-state index < -0.39 is 11.9 Å². The molecule has 0 radical (unpaired) electrons. The fourth-order valence-electron chi connectivity index (χ4n) is 4.61. The Morgan fingerprint density at radius 3 is 2.57 bits per heavy atom. The van der Waals surface area contributed by atoms with Gasteiger partial charge >= 0.3 is 5.97 Å². The molecule has 1 saturated heterocycles. The van der Waals surface area contributed by atoms with Gasteiger partial charge in [0.1, 0.15) is 5.75 Å². The van der Waals surface area contributed by atoms with Crippen molar-refractivity contribution in [3.8, 4) is 5.75 Å². The Morgan fingerprint density at radius 2 is 1.93 bits per heavy atom. The highest BCUT2D eigenvalue weighted by atomic mass is 16.5. The minimum Gasteiger partial charge on any atom is -0.497 e. The summed E-state index contributed by atoms with van der Waals surface area (Å²) >= 11 is 0. The van der Waals surface area contributed by atoms with E-state index in [4.69, 9.17) is 9.47 Å². The summed E-state index contributed by atoms with van der Waals surface area (Å²) < 4.78 is 11.1. The lowest BCUT2D eigenvalue weighted by Gasteiger charge is -2.29. The number of aliphatic carboxylic acids is 1. The zero-order valence-corrected chi connectivity index (χ0v) is 18.5. The molecule has 0 aromatic heterocycles. The van der Waals surface area contributed by atoms with E-state index in [0.29, 0.717) is 6.42 Å². The van der Waals surface area contributed by atoms with Crippen LogP contribution in [0, 0.1) is 5.92 Å². The van der Waals surface area contributed by atoms with Gasteiger partial charge in [-0.25, -0.2) is 0 Å². The van der Waals surface area contributed by atoms with Gasteiger partial charge in [0.2, 0.25) is 0 Å². The van der Waals surface area contributed by atoms with E-state index in [1.807, 2.05) is 12.1 Å². The topological polar surface area (TPSA) is 59.0 Å². The highest BCUT2D eigenvalue weighted by Gasteiger charge is 2.33. The zero-order chi connectivity index (χ0) is 21.5. The van der Waals surface area contributed by atoms with Crippen molar-refractivity contribution in [2.45, 2.75) is 51.6 Å². The molecule has 1 aliphatic heterocycles. The Morgan fingerprint density at radius 1 is 1.20 bits per heavy atom. The maximum atomic E-state index is 12.3. The van der Waals surface area contributed by atoms with Crippen LogP contribution in [0.15, 0.2) is 36.4 Å². The van der Waals surface area contributed by atoms with Gasteiger partial charge in [-0.05, 0) is 79.7 Å². The average Bonchev–Trinajstić information content (AvgIpc) is 3.28. The second kappa shape index (κ2) is 10.8. The Kier molecular flexibility index (Phi) is 8.11. The Labute approximate surface area is 180 Å². The van der Waals surface area contributed by atoms with Crippen LogP contribution in [0.1, 0.15) is 51.0 Å². The SMILES string of the molecule is CCN(CC)CCC(c1ccc2cc(OC)ccc2c1)C(CC1CCCO1)C(=O)O. The molecule has 0 aliphatic carbocycles. The summed E-state index contributed by atoms with van der Waals surface area (Å²) in [4.78, 5) is 14.7. The first-order valence-electron chi connectivity index (χ1n) is 11.2. The summed E-state index contributed by atoms with van der Waals surface area (Å²) in [7, 11) is 1.67. The Bertz CT molecular complexity index is 827. The van der Waals surface area contributed by atoms with E-state index in [9.17, 15) is 9.90 Å². The molecule has 1 fully saturated rings. The molecule has 0 spiro atoms. The van der Waals surface area contributed by atoms with Crippen LogP contribution in [0.2, 0.25) is 0 Å². The van der Waals surface area contributed by atoms with Crippen molar-refractivity contribution in [1.29, 1.82) is 0 Å². The maximum Gasteiger partial charge on any atom is 0.307 e. The van der Waals surface area contributed by atoms with Crippen molar-refractivity contribution in [3.05, 3.63) is 42.0 Å². The normalized spacial score (nSPS) is 18.6. The molecular formula is C25H35NO4. The molecular weight excluding hydrogens is 378 g/mol. The van der Waals surface area contributed by atoms with Crippen molar-refractivity contribution >= 4 is 16.7 Å². The van der Waals surface area contributed by atoms with E-state index in [1.165, 1.54) is 0 Å². The lowest BCUT2D eigenvalue weighted by atomic mass is 9.79. The Balaban J connectivity index is 1.92. The van der Waals surface area contributed by atoms with Crippen LogP contribution in [0.3, 0.4) is 0 Å². The van der Waals surface area contributed by atoms with Gasteiger partial charge in [0.15, 0.2) is 0 Å². The van der Waals surface area contributed by atoms with Crippen molar-refractivity contribution in [1.82, 2.24) is 4.90 Å². The number of hydrogen-bond donors (Lipinski definition) is 1. The molecule has 1 heterocycles. The van der Waals surface area contributed by atoms with E-state index in [-0.39, 0.29) is 12.0 Å². The predicted octanol–water partition coefficient (Wildman–Crippen LogP) is 4.93. The molecule has 2 aromatic rings. The third kappa shape index (κ3) is 5.52. The molecule has 1 aliphatic rings. The predicted molar refractivity (Wildman–Crippen MR) is 120 cm³/mol. The summed E-state index contributed by atoms with van der Waals surface area (Å²) in [5.41, 5.74) is 1.10. The zero-order valence-electron chi connectivity index (χ0n) is 18.5. The van der Waals surface area contributed by atoms with Gasteiger partial charge in [0.25, 0.3) is 0 Å². The van der Waals surface area contributed by atoms with Crippen molar-refractivity contribution in [2.75, 3.05) is 33.4 Å². The van der Waals surface area contributed by atoms with Gasteiger partial charge in [0.05, 0.1) is 19.1 Å². The van der Waals surface area contributed by atoms with Gasteiger partial charge in [-0.3, -0.25) is 4.79 Å². The quantitative estimate of drug-likeness (QED) is 0.566. The van der Waals surface area contributed by atoms with E-state index in [2.05, 4.69) is 43.0 Å². The molecule has 164 valence electrons. The second-order valence-corrected chi connectivity index (χ2v) is 8.21. The third-order valence-electron chi connectivity index (χ3n) is 6.49. The largest absolute Gasteiger partial charge is 0.497 e. The molecule has 0 bridgehead atoms. The molecule has 2 aromatic carbocycles. The average molecular weight is 414 g/mol. The minimum absolute atomic E-state index is 0.0428. The molecule has 3 atom stereocenters. The van der Waals surface area contributed by atoms with Crippen LogP contribution in [0.5, 0.6) is 5.75 Å². The van der Waals surface area contributed by atoms with Gasteiger partial charge in [-0.1, -0.05) is 38.1 Å². The van der Waals surface area contributed by atoms with Crippen LogP contribution < -0.4 is 4.74 Å². The summed E-state index contributed by atoms with van der Waals surface area (Å²) in [5.74, 6) is -0.377. The number of fused-ring (bicyclic) bond motifs is 1.